The zero-order valence-corrected chi connectivity index (χ0v) is 20.0. The van der Waals surface area contributed by atoms with Gasteiger partial charge in [-0.2, -0.15) is 18.3 Å². The normalized spacial score (nSPS) is 19.1. The van der Waals surface area contributed by atoms with Gasteiger partial charge in [0, 0.05) is 30.9 Å². The van der Waals surface area contributed by atoms with Gasteiger partial charge in [-0.1, -0.05) is 30.3 Å². The number of carbonyl (C=O) groups is 1. The first kappa shape index (κ1) is 24.1. The van der Waals surface area contributed by atoms with E-state index >= 15 is 0 Å². The van der Waals surface area contributed by atoms with Crippen molar-refractivity contribution in [3.63, 3.8) is 0 Å². The number of fused-ring (bicyclic) bond motifs is 1. The number of piperidine rings is 1. The van der Waals surface area contributed by atoms with Crippen LogP contribution >= 0.6 is 0 Å². The molecule has 190 valence electrons. The fourth-order valence-corrected chi connectivity index (χ4v) is 5.47. The molecule has 1 N–H and O–H groups in total. The number of hydrogen-bond donors (Lipinski definition) is 1. The SMILES string of the molecule is Cc1cccc(F)c1N1CCC(N2C(=O)N(Cc3ccccc3C(F)(F)F)c3n[nH]cc3[C@@H]2C)CC1. The number of amides is 2. The lowest BCUT2D eigenvalue weighted by atomic mass is 9.96. The summed E-state index contributed by atoms with van der Waals surface area (Å²) in [6.07, 6.45) is -1.61. The highest BCUT2D eigenvalue weighted by Crippen LogP contribution is 2.40. The molecule has 3 heterocycles. The van der Waals surface area contributed by atoms with Gasteiger partial charge in [0.2, 0.25) is 0 Å². The van der Waals surface area contributed by atoms with Crippen LogP contribution in [-0.2, 0) is 12.7 Å². The molecule has 1 atom stereocenters. The Morgan fingerprint density at radius 3 is 2.50 bits per heavy atom. The van der Waals surface area contributed by atoms with Crippen molar-refractivity contribution in [1.82, 2.24) is 15.1 Å². The molecular formula is C26H27F4N5O. The number of anilines is 2. The number of carbonyl (C=O) groups excluding carboxylic acids is 1. The van der Waals surface area contributed by atoms with Crippen LogP contribution in [0.25, 0.3) is 0 Å². The number of rotatable bonds is 4. The molecule has 2 aliphatic heterocycles. The second-order valence-corrected chi connectivity index (χ2v) is 9.39. The Balaban J connectivity index is 1.41. The highest BCUT2D eigenvalue weighted by atomic mass is 19.4. The molecule has 1 saturated heterocycles. The van der Waals surface area contributed by atoms with Crippen LogP contribution in [0.5, 0.6) is 0 Å². The minimum atomic E-state index is -4.53. The summed E-state index contributed by atoms with van der Waals surface area (Å²) in [5.74, 6) is 0.0774. The van der Waals surface area contributed by atoms with E-state index in [9.17, 15) is 22.4 Å². The summed E-state index contributed by atoms with van der Waals surface area (Å²) in [5.41, 5.74) is 1.43. The van der Waals surface area contributed by atoms with E-state index in [1.165, 1.54) is 29.2 Å². The van der Waals surface area contributed by atoms with E-state index in [0.717, 1.165) is 17.2 Å². The smallest absolute Gasteiger partial charge is 0.369 e. The number of aryl methyl sites for hydroxylation is 1. The molecule has 0 bridgehead atoms. The predicted octanol–water partition coefficient (Wildman–Crippen LogP) is 6.05. The van der Waals surface area contributed by atoms with Crippen LogP contribution in [-0.4, -0.2) is 40.3 Å². The second kappa shape index (κ2) is 9.15. The Hall–Kier alpha value is -3.56. The van der Waals surface area contributed by atoms with Crippen LogP contribution in [0.4, 0.5) is 33.9 Å². The van der Waals surface area contributed by atoms with Gasteiger partial charge < -0.3 is 9.80 Å². The molecule has 2 aromatic carbocycles. The van der Waals surface area contributed by atoms with Gasteiger partial charge in [-0.15, -0.1) is 0 Å². The zero-order chi connectivity index (χ0) is 25.6. The number of nitrogens with one attached hydrogen (secondary N) is 1. The van der Waals surface area contributed by atoms with Crippen molar-refractivity contribution in [2.24, 2.45) is 0 Å². The molecule has 0 radical (unpaired) electrons. The Morgan fingerprint density at radius 1 is 1.08 bits per heavy atom. The molecule has 0 aliphatic carbocycles. The maximum absolute atomic E-state index is 14.5. The van der Waals surface area contributed by atoms with Crippen LogP contribution in [0.2, 0.25) is 0 Å². The number of hydrogen-bond acceptors (Lipinski definition) is 3. The molecule has 2 aliphatic rings. The number of nitrogens with zero attached hydrogens (tertiary/aromatic N) is 4. The van der Waals surface area contributed by atoms with Crippen LogP contribution in [0.1, 0.15) is 48.1 Å². The summed E-state index contributed by atoms with van der Waals surface area (Å²) in [7, 11) is 0. The Bertz CT molecular complexity index is 1240. The summed E-state index contributed by atoms with van der Waals surface area (Å²) in [6.45, 7) is 4.66. The molecule has 5 rings (SSSR count). The molecule has 1 fully saturated rings. The van der Waals surface area contributed by atoms with E-state index in [2.05, 4.69) is 10.2 Å². The topological polar surface area (TPSA) is 55.5 Å². The molecule has 2 amide bonds. The molecule has 6 nitrogen and oxygen atoms in total. The largest absolute Gasteiger partial charge is 0.416 e. The minimum Gasteiger partial charge on any atom is -0.369 e. The number of urea groups is 1. The fourth-order valence-electron chi connectivity index (χ4n) is 5.47. The van der Waals surface area contributed by atoms with Crippen molar-refractivity contribution < 1.29 is 22.4 Å². The maximum Gasteiger partial charge on any atom is 0.416 e. The van der Waals surface area contributed by atoms with Gasteiger partial charge in [-0.3, -0.25) is 10.00 Å². The van der Waals surface area contributed by atoms with Crippen LogP contribution in [0.3, 0.4) is 0 Å². The average molecular weight is 502 g/mol. The van der Waals surface area contributed by atoms with E-state index in [1.807, 2.05) is 24.8 Å². The summed E-state index contributed by atoms with van der Waals surface area (Å²) < 4.78 is 55.4. The van der Waals surface area contributed by atoms with Crippen LogP contribution < -0.4 is 9.80 Å². The molecular weight excluding hydrogens is 474 g/mol. The van der Waals surface area contributed by atoms with Crippen molar-refractivity contribution in [3.05, 3.63) is 76.7 Å². The third-order valence-corrected chi connectivity index (χ3v) is 7.24. The number of halogens is 4. The van der Waals surface area contributed by atoms with Crippen molar-refractivity contribution >= 4 is 17.5 Å². The number of para-hydroxylation sites is 1. The third kappa shape index (κ3) is 4.18. The summed E-state index contributed by atoms with van der Waals surface area (Å²) >= 11 is 0. The molecule has 0 unspecified atom stereocenters. The van der Waals surface area contributed by atoms with Crippen molar-refractivity contribution in [2.45, 2.75) is 51.5 Å². The maximum atomic E-state index is 14.5. The van der Waals surface area contributed by atoms with E-state index in [0.29, 0.717) is 37.4 Å². The van der Waals surface area contributed by atoms with Crippen LogP contribution in [0.15, 0.2) is 48.7 Å². The summed E-state index contributed by atoms with van der Waals surface area (Å²) in [5, 5.41) is 6.97. The number of benzene rings is 2. The van der Waals surface area contributed by atoms with Crippen molar-refractivity contribution in [3.8, 4) is 0 Å². The third-order valence-electron chi connectivity index (χ3n) is 7.24. The molecule has 10 heteroatoms. The number of aromatic nitrogens is 2. The van der Waals surface area contributed by atoms with Gasteiger partial charge in [0.15, 0.2) is 5.82 Å². The Morgan fingerprint density at radius 2 is 1.81 bits per heavy atom. The average Bonchev–Trinajstić information content (AvgIpc) is 3.33. The zero-order valence-electron chi connectivity index (χ0n) is 20.0. The molecule has 0 spiro atoms. The lowest BCUT2D eigenvalue weighted by Crippen LogP contribution is -2.55. The van der Waals surface area contributed by atoms with Gasteiger partial charge >= 0.3 is 12.2 Å². The van der Waals surface area contributed by atoms with Gasteiger partial charge in [-0.05, 0) is 49.9 Å². The molecule has 3 aromatic rings. The van der Waals surface area contributed by atoms with Crippen molar-refractivity contribution in [2.75, 3.05) is 22.9 Å². The standard InChI is InChI=1S/C26H27F4N5O/c1-16-6-5-9-22(27)23(16)33-12-10-19(11-13-33)35-17(2)20-14-31-32-24(20)34(25(35)36)15-18-7-3-4-8-21(18)26(28,29)30/h3-9,14,17,19H,10-13,15H2,1-2H3,(H,31,32)/t17-/m0/s1. The van der Waals surface area contributed by atoms with Gasteiger partial charge in [0.1, 0.15) is 5.82 Å². The first-order valence-electron chi connectivity index (χ1n) is 12.0. The monoisotopic (exact) mass is 501 g/mol. The summed E-state index contributed by atoms with van der Waals surface area (Å²) in [6, 6.07) is 9.47. The summed E-state index contributed by atoms with van der Waals surface area (Å²) in [4.78, 5) is 18.8. The quantitative estimate of drug-likeness (QED) is 0.443. The van der Waals surface area contributed by atoms with Crippen molar-refractivity contribution in [1.29, 1.82) is 0 Å². The van der Waals surface area contributed by atoms with E-state index in [-0.39, 0.29) is 36.0 Å². The van der Waals surface area contributed by atoms with Gasteiger partial charge in [-0.25, -0.2) is 9.18 Å². The number of H-pyrrole nitrogens is 1. The number of aromatic amines is 1. The predicted molar refractivity (Wildman–Crippen MR) is 128 cm³/mol. The second-order valence-electron chi connectivity index (χ2n) is 9.39. The highest BCUT2D eigenvalue weighted by molar-refractivity contribution is 5.94. The highest BCUT2D eigenvalue weighted by Gasteiger charge is 2.43. The lowest BCUT2D eigenvalue weighted by Gasteiger charge is -2.46. The molecule has 0 saturated carbocycles. The van der Waals surface area contributed by atoms with Gasteiger partial charge in [0.05, 0.1) is 23.8 Å². The lowest BCUT2D eigenvalue weighted by molar-refractivity contribution is -0.138. The van der Waals surface area contributed by atoms with E-state index in [1.54, 1.807) is 17.2 Å². The Labute approximate surface area is 206 Å². The van der Waals surface area contributed by atoms with Crippen LogP contribution in [0, 0.1) is 12.7 Å². The number of alkyl halides is 3. The van der Waals surface area contributed by atoms with Gasteiger partial charge in [0.25, 0.3) is 0 Å². The fraction of sp³-hybridized carbons (Fsp3) is 0.385. The first-order valence-corrected chi connectivity index (χ1v) is 12.0. The van der Waals surface area contributed by atoms with E-state index in [4.69, 9.17) is 0 Å². The minimum absolute atomic E-state index is 0.00616. The Kier molecular flexibility index (Phi) is 6.13. The van der Waals surface area contributed by atoms with E-state index < -0.39 is 11.7 Å². The molecule has 1 aromatic heterocycles. The first-order chi connectivity index (χ1) is 17.2. The molecule has 36 heavy (non-hydrogen) atoms.